The number of nitro groups is 1. The van der Waals surface area contributed by atoms with E-state index in [2.05, 4.69) is 10.3 Å². The lowest BCUT2D eigenvalue weighted by Crippen LogP contribution is -2.43. The molecule has 0 unspecified atom stereocenters. The first-order valence-electron chi connectivity index (χ1n) is 4.84. The number of nitrogens with zero attached hydrogens (tertiary/aromatic N) is 3. The van der Waals surface area contributed by atoms with Crippen LogP contribution in [-0.4, -0.2) is 36.1 Å². The second kappa shape index (κ2) is 5.62. The van der Waals surface area contributed by atoms with Gasteiger partial charge in [-0.25, -0.2) is 0 Å². The molecule has 0 amide bonds. The van der Waals surface area contributed by atoms with Crippen LogP contribution in [0.3, 0.4) is 0 Å². The monoisotopic (exact) mass is 244 g/mol. The first kappa shape index (κ1) is 12.7. The zero-order chi connectivity index (χ0) is 10.7. The van der Waals surface area contributed by atoms with Gasteiger partial charge in [0.15, 0.2) is 0 Å². The summed E-state index contributed by atoms with van der Waals surface area (Å²) in [6.07, 6.45) is 0. The first-order chi connectivity index (χ1) is 7.27. The van der Waals surface area contributed by atoms with Gasteiger partial charge in [-0.1, -0.05) is 0 Å². The van der Waals surface area contributed by atoms with Crippen LogP contribution in [0.5, 0.6) is 0 Å². The number of hydrogen-bond donors (Lipinski definition) is 1. The van der Waals surface area contributed by atoms with Crippen LogP contribution in [0.15, 0.2) is 18.2 Å². The predicted octanol–water partition coefficient (Wildman–Crippen LogP) is 0.821. The number of piperazine rings is 1. The van der Waals surface area contributed by atoms with Gasteiger partial charge in [-0.2, -0.15) is 0 Å². The molecule has 2 heterocycles. The fraction of sp³-hybridized carbons (Fsp3) is 0.444. The van der Waals surface area contributed by atoms with E-state index in [0.29, 0.717) is 5.82 Å². The molecule has 6 nitrogen and oxygen atoms in total. The molecule has 88 valence electrons. The highest BCUT2D eigenvalue weighted by Gasteiger charge is 2.17. The molecule has 1 aliphatic rings. The highest BCUT2D eigenvalue weighted by molar-refractivity contribution is 5.85. The number of hydrogen-bond acceptors (Lipinski definition) is 5. The van der Waals surface area contributed by atoms with Crippen LogP contribution in [0.2, 0.25) is 0 Å². The summed E-state index contributed by atoms with van der Waals surface area (Å²) in [6.45, 7) is 3.47. The summed E-state index contributed by atoms with van der Waals surface area (Å²) in [5.74, 6) is 0.594. The summed E-state index contributed by atoms with van der Waals surface area (Å²) >= 11 is 0. The largest absolute Gasteiger partial charge is 0.365 e. The second-order valence-electron chi connectivity index (χ2n) is 3.35. The van der Waals surface area contributed by atoms with Crippen molar-refractivity contribution in [2.75, 3.05) is 31.1 Å². The third kappa shape index (κ3) is 2.80. The van der Waals surface area contributed by atoms with E-state index >= 15 is 0 Å². The SMILES string of the molecule is Cl.O=[N+]([O-])c1cccc(N2CCNCC2)n1. The van der Waals surface area contributed by atoms with Crippen LogP contribution in [-0.2, 0) is 0 Å². The summed E-state index contributed by atoms with van der Waals surface area (Å²) < 4.78 is 0. The minimum atomic E-state index is -0.467. The van der Waals surface area contributed by atoms with E-state index in [1.807, 2.05) is 4.90 Å². The molecule has 1 aromatic rings. The summed E-state index contributed by atoms with van der Waals surface area (Å²) in [6, 6.07) is 4.88. The zero-order valence-electron chi connectivity index (χ0n) is 8.63. The number of pyridine rings is 1. The Morgan fingerprint density at radius 1 is 1.38 bits per heavy atom. The molecule has 0 radical (unpaired) electrons. The maximum Gasteiger partial charge on any atom is 0.365 e. The molecule has 1 fully saturated rings. The Balaban J connectivity index is 0.00000128. The van der Waals surface area contributed by atoms with Crippen LogP contribution in [0.25, 0.3) is 0 Å². The smallest absolute Gasteiger partial charge is 0.358 e. The van der Waals surface area contributed by atoms with Crippen LogP contribution in [0.1, 0.15) is 0 Å². The Morgan fingerprint density at radius 2 is 2.06 bits per heavy atom. The molecular weight excluding hydrogens is 232 g/mol. The molecule has 1 aliphatic heterocycles. The Morgan fingerprint density at radius 3 is 2.69 bits per heavy atom. The standard InChI is InChI=1S/C9H12N4O2.ClH/c14-13(15)9-3-1-2-8(11-9)12-6-4-10-5-7-12;/h1-3,10H,4-7H2;1H. The molecule has 0 saturated carbocycles. The van der Waals surface area contributed by atoms with Crippen molar-refractivity contribution in [2.24, 2.45) is 0 Å². The molecule has 1 saturated heterocycles. The number of anilines is 1. The van der Waals surface area contributed by atoms with Gasteiger partial charge in [0.1, 0.15) is 0 Å². The Labute approximate surface area is 99.2 Å². The Bertz CT molecular complexity index is 368. The molecule has 7 heteroatoms. The van der Waals surface area contributed by atoms with E-state index in [4.69, 9.17) is 0 Å². The van der Waals surface area contributed by atoms with Gasteiger partial charge in [-0.3, -0.25) is 0 Å². The molecule has 0 spiro atoms. The maximum absolute atomic E-state index is 10.5. The highest BCUT2D eigenvalue weighted by atomic mass is 35.5. The van der Waals surface area contributed by atoms with E-state index in [1.54, 1.807) is 12.1 Å². The van der Waals surface area contributed by atoms with Crippen LogP contribution in [0.4, 0.5) is 11.6 Å². The van der Waals surface area contributed by atoms with Gasteiger partial charge < -0.3 is 20.3 Å². The topological polar surface area (TPSA) is 71.3 Å². The Kier molecular flexibility index (Phi) is 4.45. The lowest BCUT2D eigenvalue weighted by atomic mass is 10.3. The van der Waals surface area contributed by atoms with Crippen LogP contribution < -0.4 is 10.2 Å². The number of aromatic nitrogens is 1. The third-order valence-corrected chi connectivity index (χ3v) is 2.35. The van der Waals surface area contributed by atoms with Crippen molar-refractivity contribution in [3.05, 3.63) is 28.3 Å². The van der Waals surface area contributed by atoms with Crippen molar-refractivity contribution in [1.29, 1.82) is 0 Å². The van der Waals surface area contributed by atoms with Gasteiger partial charge in [0.25, 0.3) is 0 Å². The van der Waals surface area contributed by atoms with Gasteiger partial charge in [0.05, 0.1) is 0 Å². The molecule has 1 aromatic heterocycles. The number of nitrogens with one attached hydrogen (secondary N) is 1. The van der Waals surface area contributed by atoms with Gasteiger partial charge >= 0.3 is 5.82 Å². The molecule has 16 heavy (non-hydrogen) atoms. The normalized spacial score (nSPS) is 15.4. The number of rotatable bonds is 2. The lowest BCUT2D eigenvalue weighted by Gasteiger charge is -2.25. The zero-order valence-corrected chi connectivity index (χ0v) is 9.44. The minimum Gasteiger partial charge on any atom is -0.358 e. The van der Waals surface area contributed by atoms with E-state index in [9.17, 15) is 10.1 Å². The minimum absolute atomic E-state index is 0. The van der Waals surface area contributed by atoms with Gasteiger partial charge in [-0.05, 0) is 16.0 Å². The molecule has 1 N–H and O–H groups in total. The highest BCUT2D eigenvalue weighted by Crippen LogP contribution is 2.15. The average molecular weight is 245 g/mol. The molecule has 0 aromatic carbocycles. The molecule has 0 atom stereocenters. The fourth-order valence-electron chi connectivity index (χ4n) is 1.58. The van der Waals surface area contributed by atoms with Crippen molar-refractivity contribution in [1.82, 2.24) is 10.3 Å². The Hall–Kier alpha value is -1.40. The van der Waals surface area contributed by atoms with Crippen molar-refractivity contribution in [3.8, 4) is 0 Å². The molecular formula is C9H13ClN4O2. The summed E-state index contributed by atoms with van der Waals surface area (Å²) in [5, 5.41) is 13.8. The second-order valence-corrected chi connectivity index (χ2v) is 3.35. The molecule has 2 rings (SSSR count). The van der Waals surface area contributed by atoms with Crippen molar-refractivity contribution in [2.45, 2.75) is 0 Å². The first-order valence-corrected chi connectivity index (χ1v) is 4.84. The fourth-order valence-corrected chi connectivity index (χ4v) is 1.58. The molecule has 0 bridgehead atoms. The number of halogens is 1. The van der Waals surface area contributed by atoms with Gasteiger partial charge in [-0.15, -0.1) is 12.4 Å². The summed E-state index contributed by atoms with van der Waals surface area (Å²) in [5.41, 5.74) is 0. The van der Waals surface area contributed by atoms with Gasteiger partial charge in [0.2, 0.25) is 5.82 Å². The average Bonchev–Trinajstić information content (AvgIpc) is 2.30. The quantitative estimate of drug-likeness (QED) is 0.616. The maximum atomic E-state index is 10.5. The lowest BCUT2D eigenvalue weighted by molar-refractivity contribution is -0.389. The summed E-state index contributed by atoms with van der Waals surface area (Å²) in [4.78, 5) is 16.1. The predicted molar refractivity (Wildman–Crippen MR) is 63.2 cm³/mol. The summed E-state index contributed by atoms with van der Waals surface area (Å²) in [7, 11) is 0. The van der Waals surface area contributed by atoms with Crippen molar-refractivity contribution >= 4 is 24.0 Å². The van der Waals surface area contributed by atoms with Gasteiger partial charge in [0, 0.05) is 38.3 Å². The van der Waals surface area contributed by atoms with E-state index < -0.39 is 4.92 Å². The van der Waals surface area contributed by atoms with Crippen LogP contribution in [0, 0.1) is 10.1 Å². The third-order valence-electron chi connectivity index (χ3n) is 2.35. The van der Waals surface area contributed by atoms with E-state index in [0.717, 1.165) is 26.2 Å². The van der Waals surface area contributed by atoms with Crippen molar-refractivity contribution < 1.29 is 4.92 Å². The van der Waals surface area contributed by atoms with E-state index in [-0.39, 0.29) is 18.2 Å². The molecule has 0 aliphatic carbocycles. The van der Waals surface area contributed by atoms with Crippen LogP contribution >= 0.6 is 12.4 Å². The van der Waals surface area contributed by atoms with E-state index in [1.165, 1.54) is 6.07 Å². The van der Waals surface area contributed by atoms with Crippen molar-refractivity contribution in [3.63, 3.8) is 0 Å².